The van der Waals surface area contributed by atoms with Gasteiger partial charge < -0.3 is 14.8 Å². The predicted molar refractivity (Wildman–Crippen MR) is 126 cm³/mol. The SMILES string of the molecule is CC(C)C[C@@](C)(COc1ccc(-c2cnn3cccnc23)cc1C(F)(F)F)NC(=O)OC(C)(C)C. The summed E-state index contributed by atoms with van der Waals surface area (Å²) in [5.41, 5.74) is -1.36. The number of ether oxygens (including phenoxy) is 2. The first kappa shape index (κ1) is 26.3. The molecule has 1 amide bonds. The van der Waals surface area contributed by atoms with Gasteiger partial charge in [0.1, 0.15) is 18.0 Å². The first-order valence-electron chi connectivity index (χ1n) is 11.3. The van der Waals surface area contributed by atoms with Crippen molar-refractivity contribution >= 4 is 11.7 Å². The highest BCUT2D eigenvalue weighted by atomic mass is 19.4. The highest BCUT2D eigenvalue weighted by molar-refractivity contribution is 5.77. The number of hydrogen-bond donors (Lipinski definition) is 1. The number of benzene rings is 1. The molecule has 0 bridgehead atoms. The van der Waals surface area contributed by atoms with Crippen LogP contribution in [0.2, 0.25) is 0 Å². The molecule has 3 aromatic rings. The Labute approximate surface area is 202 Å². The van der Waals surface area contributed by atoms with E-state index >= 15 is 0 Å². The number of rotatable bonds is 7. The lowest BCUT2D eigenvalue weighted by Crippen LogP contribution is -2.52. The lowest BCUT2D eigenvalue weighted by molar-refractivity contribution is -0.139. The van der Waals surface area contributed by atoms with Crippen LogP contribution in [0.15, 0.2) is 42.9 Å². The fraction of sp³-hybridized carbons (Fsp3) is 0.480. The van der Waals surface area contributed by atoms with E-state index in [1.165, 1.54) is 22.8 Å². The molecule has 3 rings (SSSR count). The molecular formula is C25H31F3N4O3. The number of hydrogen-bond acceptors (Lipinski definition) is 5. The van der Waals surface area contributed by atoms with Gasteiger partial charge in [-0.05, 0) is 63.8 Å². The zero-order valence-electron chi connectivity index (χ0n) is 20.7. The molecule has 2 heterocycles. The molecule has 1 atom stereocenters. The van der Waals surface area contributed by atoms with Gasteiger partial charge >= 0.3 is 12.3 Å². The van der Waals surface area contributed by atoms with E-state index in [0.717, 1.165) is 6.07 Å². The van der Waals surface area contributed by atoms with Crippen molar-refractivity contribution in [2.24, 2.45) is 5.92 Å². The Bertz CT molecular complexity index is 1180. The minimum Gasteiger partial charge on any atom is -0.491 e. The average molecular weight is 493 g/mol. The van der Waals surface area contributed by atoms with Crippen LogP contribution >= 0.6 is 0 Å². The first-order chi connectivity index (χ1) is 16.2. The third-order valence-corrected chi connectivity index (χ3v) is 5.08. The van der Waals surface area contributed by atoms with Crippen LogP contribution in [0.3, 0.4) is 0 Å². The lowest BCUT2D eigenvalue weighted by Gasteiger charge is -2.33. The van der Waals surface area contributed by atoms with Crippen molar-refractivity contribution in [1.82, 2.24) is 19.9 Å². The van der Waals surface area contributed by atoms with Crippen LogP contribution < -0.4 is 10.1 Å². The smallest absolute Gasteiger partial charge is 0.419 e. The maximum absolute atomic E-state index is 14.0. The van der Waals surface area contributed by atoms with Gasteiger partial charge in [-0.3, -0.25) is 0 Å². The fourth-order valence-electron chi connectivity index (χ4n) is 3.91. The van der Waals surface area contributed by atoms with E-state index in [9.17, 15) is 18.0 Å². The van der Waals surface area contributed by atoms with Gasteiger partial charge in [0.2, 0.25) is 0 Å². The molecule has 0 saturated heterocycles. The Kier molecular flexibility index (Phi) is 7.33. The summed E-state index contributed by atoms with van der Waals surface area (Å²) in [6.07, 6.45) is -0.148. The number of alkyl halides is 3. The monoisotopic (exact) mass is 492 g/mol. The van der Waals surface area contributed by atoms with E-state index in [1.807, 2.05) is 13.8 Å². The standard InChI is InChI=1S/C25H31F3N4O3/c1-16(2)13-24(6,31-22(33)35-23(3,4)5)15-34-20-9-8-17(12-19(20)25(26,27)28)18-14-30-32-11-7-10-29-21(18)32/h7-12,14,16H,13,15H2,1-6H3,(H,31,33)/t24-/m0/s1. The molecule has 0 aliphatic rings. The second-order valence-corrected chi connectivity index (χ2v) is 10.2. The second-order valence-electron chi connectivity index (χ2n) is 10.2. The summed E-state index contributed by atoms with van der Waals surface area (Å²) in [5, 5.41) is 6.92. The molecule has 190 valence electrons. The molecule has 0 aliphatic carbocycles. The maximum Gasteiger partial charge on any atom is 0.419 e. The van der Waals surface area contributed by atoms with E-state index in [1.54, 1.807) is 46.2 Å². The summed E-state index contributed by atoms with van der Waals surface area (Å²) in [6, 6.07) is 5.54. The summed E-state index contributed by atoms with van der Waals surface area (Å²) in [4.78, 5) is 16.6. The molecule has 0 spiro atoms. The van der Waals surface area contributed by atoms with Crippen molar-refractivity contribution in [3.63, 3.8) is 0 Å². The zero-order valence-corrected chi connectivity index (χ0v) is 20.7. The summed E-state index contributed by atoms with van der Waals surface area (Å²) < 4.78 is 54.5. The number of halogens is 3. The van der Waals surface area contributed by atoms with Gasteiger partial charge in [0.05, 0.1) is 17.3 Å². The van der Waals surface area contributed by atoms with Crippen LogP contribution in [0, 0.1) is 5.92 Å². The van der Waals surface area contributed by atoms with Gasteiger partial charge in [0.15, 0.2) is 5.65 Å². The number of amides is 1. The molecule has 10 heteroatoms. The summed E-state index contributed by atoms with van der Waals surface area (Å²) in [6.45, 7) is 10.7. The summed E-state index contributed by atoms with van der Waals surface area (Å²) in [7, 11) is 0. The molecule has 2 aromatic heterocycles. The van der Waals surface area contributed by atoms with E-state index in [2.05, 4.69) is 15.4 Å². The molecule has 1 aromatic carbocycles. The van der Waals surface area contributed by atoms with Gasteiger partial charge in [-0.2, -0.15) is 18.3 Å². The van der Waals surface area contributed by atoms with Crippen LogP contribution in [-0.2, 0) is 10.9 Å². The van der Waals surface area contributed by atoms with Crippen LogP contribution in [0.25, 0.3) is 16.8 Å². The average Bonchev–Trinajstić information content (AvgIpc) is 3.13. The Morgan fingerprint density at radius 2 is 1.89 bits per heavy atom. The highest BCUT2D eigenvalue weighted by Gasteiger charge is 2.37. The minimum absolute atomic E-state index is 0.145. The quantitative estimate of drug-likeness (QED) is 0.430. The minimum atomic E-state index is -4.66. The number of nitrogens with zero attached hydrogens (tertiary/aromatic N) is 3. The Hall–Kier alpha value is -3.30. The number of aromatic nitrogens is 3. The van der Waals surface area contributed by atoms with Crippen molar-refractivity contribution < 1.29 is 27.4 Å². The normalized spacial score (nSPS) is 14.1. The molecule has 0 aliphatic heterocycles. The summed E-state index contributed by atoms with van der Waals surface area (Å²) in [5.74, 6) is -0.183. The molecule has 0 unspecified atom stereocenters. The van der Waals surface area contributed by atoms with Crippen molar-refractivity contribution in [1.29, 1.82) is 0 Å². The summed E-state index contributed by atoms with van der Waals surface area (Å²) >= 11 is 0. The van der Waals surface area contributed by atoms with Gasteiger partial charge in [-0.1, -0.05) is 19.9 Å². The molecule has 0 radical (unpaired) electrons. The molecule has 7 nitrogen and oxygen atoms in total. The third kappa shape index (κ3) is 6.86. The Balaban J connectivity index is 1.89. The molecule has 0 fully saturated rings. The maximum atomic E-state index is 14.0. The van der Waals surface area contributed by atoms with Crippen molar-refractivity contribution in [3.05, 3.63) is 48.4 Å². The fourth-order valence-corrected chi connectivity index (χ4v) is 3.91. The lowest BCUT2D eigenvalue weighted by atomic mass is 9.91. The highest BCUT2D eigenvalue weighted by Crippen LogP contribution is 2.39. The van der Waals surface area contributed by atoms with Crippen LogP contribution in [0.5, 0.6) is 5.75 Å². The topological polar surface area (TPSA) is 77.8 Å². The largest absolute Gasteiger partial charge is 0.491 e. The Morgan fingerprint density at radius 3 is 2.51 bits per heavy atom. The van der Waals surface area contributed by atoms with Crippen LogP contribution in [0.1, 0.15) is 53.5 Å². The van der Waals surface area contributed by atoms with Crippen molar-refractivity contribution in [2.75, 3.05) is 6.61 Å². The van der Waals surface area contributed by atoms with E-state index in [-0.39, 0.29) is 18.3 Å². The number of nitrogens with one attached hydrogen (secondary N) is 1. The molecule has 0 saturated carbocycles. The second kappa shape index (κ2) is 9.75. The van der Waals surface area contributed by atoms with Gasteiger partial charge in [-0.15, -0.1) is 0 Å². The number of carbonyl (C=O) groups is 1. The van der Waals surface area contributed by atoms with Crippen molar-refractivity contribution in [2.45, 2.75) is 65.3 Å². The van der Waals surface area contributed by atoms with E-state index < -0.39 is 29.0 Å². The molecule has 1 N–H and O–H groups in total. The van der Waals surface area contributed by atoms with Crippen molar-refractivity contribution in [3.8, 4) is 16.9 Å². The van der Waals surface area contributed by atoms with Gasteiger partial charge in [0, 0.05) is 18.0 Å². The Morgan fingerprint density at radius 1 is 1.17 bits per heavy atom. The number of carbonyl (C=O) groups excluding carboxylic acids is 1. The van der Waals surface area contributed by atoms with Crippen LogP contribution in [0.4, 0.5) is 18.0 Å². The zero-order chi connectivity index (χ0) is 26.0. The van der Waals surface area contributed by atoms with Crippen LogP contribution in [-0.4, -0.2) is 38.4 Å². The molecular weight excluding hydrogens is 461 g/mol. The third-order valence-electron chi connectivity index (χ3n) is 5.08. The number of alkyl carbamates (subject to hydrolysis) is 1. The van der Waals surface area contributed by atoms with E-state index in [0.29, 0.717) is 23.2 Å². The predicted octanol–water partition coefficient (Wildman–Crippen LogP) is 6.12. The van der Waals surface area contributed by atoms with E-state index in [4.69, 9.17) is 9.47 Å². The first-order valence-corrected chi connectivity index (χ1v) is 11.3. The molecule has 35 heavy (non-hydrogen) atoms. The van der Waals surface area contributed by atoms with Gasteiger partial charge in [-0.25, -0.2) is 14.3 Å². The van der Waals surface area contributed by atoms with Gasteiger partial charge in [0.25, 0.3) is 0 Å². The number of fused-ring (bicyclic) bond motifs is 1.